The van der Waals surface area contributed by atoms with E-state index in [1.54, 1.807) is 6.92 Å². The third-order valence-corrected chi connectivity index (χ3v) is 5.30. The van der Waals surface area contributed by atoms with E-state index in [-0.39, 0.29) is 46.7 Å². The summed E-state index contributed by atoms with van der Waals surface area (Å²) in [5, 5.41) is 13.9. The number of likely N-dealkylation sites (tertiary alicyclic amines) is 1. The molecule has 28 heavy (non-hydrogen) atoms. The van der Waals surface area contributed by atoms with E-state index in [1.165, 1.54) is 18.2 Å². The Labute approximate surface area is 174 Å². The Bertz CT molecular complexity index is 850. The van der Waals surface area contributed by atoms with Crippen molar-refractivity contribution in [3.05, 3.63) is 69.2 Å². The molecule has 1 fully saturated rings. The Morgan fingerprint density at radius 1 is 1.29 bits per heavy atom. The summed E-state index contributed by atoms with van der Waals surface area (Å²) in [5.41, 5.74) is 7.55. The summed E-state index contributed by atoms with van der Waals surface area (Å²) in [7, 11) is 0. The van der Waals surface area contributed by atoms with E-state index >= 15 is 0 Å². The van der Waals surface area contributed by atoms with E-state index < -0.39 is 11.0 Å². The van der Waals surface area contributed by atoms with E-state index in [1.807, 2.05) is 35.2 Å². The van der Waals surface area contributed by atoms with Gasteiger partial charge < -0.3 is 11.1 Å². The normalized spacial score (nSPS) is 20.2. The molecule has 1 aliphatic rings. The molecule has 3 N–H and O–H groups in total. The molecule has 2 aromatic rings. The van der Waals surface area contributed by atoms with Crippen molar-refractivity contribution in [1.82, 2.24) is 4.90 Å². The molecule has 0 bridgehead atoms. The number of anilines is 1. The summed E-state index contributed by atoms with van der Waals surface area (Å²) in [6, 6.07) is 13.4. The maximum Gasteiger partial charge on any atom is 0.271 e. The van der Waals surface area contributed by atoms with Crippen molar-refractivity contribution in [2.75, 3.05) is 18.4 Å². The summed E-state index contributed by atoms with van der Waals surface area (Å²) in [5.74, 6) is -0.124. The van der Waals surface area contributed by atoms with Crippen LogP contribution in [-0.4, -0.2) is 40.9 Å². The van der Waals surface area contributed by atoms with Crippen molar-refractivity contribution in [3.63, 3.8) is 0 Å². The lowest BCUT2D eigenvalue weighted by molar-refractivity contribution is -0.384. The van der Waals surface area contributed by atoms with Gasteiger partial charge in [0.05, 0.1) is 21.7 Å². The van der Waals surface area contributed by atoms with Crippen LogP contribution in [0.4, 0.5) is 11.4 Å². The van der Waals surface area contributed by atoms with Gasteiger partial charge in [-0.25, -0.2) is 0 Å². The molecule has 0 spiro atoms. The Balaban J connectivity index is 0.00000280. The number of halogens is 2. The molecule has 1 unspecified atom stereocenters. The standard InChI is InChI=1S/C19H21ClN4O3.ClH/c1-12(19(25)22-18-9-14(24(26)27)7-8-16(18)20)23-10-15(17(21)11-23)13-5-3-2-4-6-13;/h2-9,12,15,17H,10-11,21H2,1H3,(H,22,25);1H/t12?,15-,17+;/m0./s1. The SMILES string of the molecule is CC(C(=O)Nc1cc([N+](=O)[O-])ccc1Cl)N1C[C@@H](N)[C@H](c2ccccc2)C1.Cl. The van der Waals surface area contributed by atoms with Gasteiger partial charge in [-0.15, -0.1) is 12.4 Å². The summed E-state index contributed by atoms with van der Waals surface area (Å²) < 4.78 is 0. The number of carbonyl (C=O) groups excluding carboxylic acids is 1. The molecule has 1 amide bonds. The largest absolute Gasteiger partial charge is 0.326 e. The molecule has 3 rings (SSSR count). The van der Waals surface area contributed by atoms with Crippen LogP contribution in [0.15, 0.2) is 48.5 Å². The van der Waals surface area contributed by atoms with Crippen LogP contribution in [0.2, 0.25) is 5.02 Å². The van der Waals surface area contributed by atoms with Gasteiger partial charge in [-0.1, -0.05) is 41.9 Å². The van der Waals surface area contributed by atoms with Crippen molar-refractivity contribution >= 4 is 41.3 Å². The van der Waals surface area contributed by atoms with E-state index in [9.17, 15) is 14.9 Å². The molecular formula is C19H22Cl2N4O3. The number of carbonyl (C=O) groups is 1. The van der Waals surface area contributed by atoms with Crippen LogP contribution in [0.5, 0.6) is 0 Å². The van der Waals surface area contributed by atoms with E-state index in [0.29, 0.717) is 13.1 Å². The van der Waals surface area contributed by atoms with Crippen molar-refractivity contribution in [2.24, 2.45) is 5.73 Å². The Morgan fingerprint density at radius 3 is 2.61 bits per heavy atom. The molecule has 0 saturated carbocycles. The number of hydrogen-bond donors (Lipinski definition) is 2. The minimum Gasteiger partial charge on any atom is -0.326 e. The maximum absolute atomic E-state index is 12.7. The lowest BCUT2D eigenvalue weighted by atomic mass is 9.95. The van der Waals surface area contributed by atoms with Crippen molar-refractivity contribution in [3.8, 4) is 0 Å². The number of hydrogen-bond acceptors (Lipinski definition) is 5. The summed E-state index contributed by atoms with van der Waals surface area (Å²) in [4.78, 5) is 25.1. The average Bonchev–Trinajstić information content (AvgIpc) is 3.05. The number of nitrogens with two attached hydrogens (primary N) is 1. The van der Waals surface area contributed by atoms with Crippen LogP contribution >= 0.6 is 24.0 Å². The molecule has 9 heteroatoms. The van der Waals surface area contributed by atoms with Crippen LogP contribution < -0.4 is 11.1 Å². The fourth-order valence-corrected chi connectivity index (χ4v) is 3.52. The van der Waals surface area contributed by atoms with Crippen LogP contribution in [0.25, 0.3) is 0 Å². The van der Waals surface area contributed by atoms with Crippen LogP contribution in [-0.2, 0) is 4.79 Å². The maximum atomic E-state index is 12.7. The summed E-state index contributed by atoms with van der Waals surface area (Å²) in [6.45, 7) is 3.06. The van der Waals surface area contributed by atoms with Gasteiger partial charge in [0, 0.05) is 37.2 Å². The highest BCUT2D eigenvalue weighted by molar-refractivity contribution is 6.33. The molecule has 1 heterocycles. The average molecular weight is 425 g/mol. The van der Waals surface area contributed by atoms with Crippen LogP contribution in [0.3, 0.4) is 0 Å². The van der Waals surface area contributed by atoms with Crippen molar-refractivity contribution < 1.29 is 9.72 Å². The second-order valence-electron chi connectivity index (χ2n) is 6.72. The molecule has 0 radical (unpaired) electrons. The van der Waals surface area contributed by atoms with E-state index in [4.69, 9.17) is 17.3 Å². The third-order valence-electron chi connectivity index (χ3n) is 4.97. The predicted molar refractivity (Wildman–Crippen MR) is 112 cm³/mol. The Morgan fingerprint density at radius 2 is 1.96 bits per heavy atom. The highest BCUT2D eigenvalue weighted by Gasteiger charge is 2.35. The van der Waals surface area contributed by atoms with Gasteiger partial charge >= 0.3 is 0 Å². The van der Waals surface area contributed by atoms with E-state index in [0.717, 1.165) is 5.56 Å². The van der Waals surface area contributed by atoms with E-state index in [2.05, 4.69) is 5.32 Å². The topological polar surface area (TPSA) is 101 Å². The predicted octanol–water partition coefficient (Wildman–Crippen LogP) is 3.42. The van der Waals surface area contributed by atoms with Gasteiger partial charge in [0.25, 0.3) is 5.69 Å². The quantitative estimate of drug-likeness (QED) is 0.565. The molecule has 150 valence electrons. The highest BCUT2D eigenvalue weighted by Crippen LogP contribution is 2.29. The smallest absolute Gasteiger partial charge is 0.271 e. The van der Waals surface area contributed by atoms with Crippen LogP contribution in [0.1, 0.15) is 18.4 Å². The lowest BCUT2D eigenvalue weighted by Gasteiger charge is -2.23. The molecular weight excluding hydrogens is 403 g/mol. The molecule has 3 atom stereocenters. The van der Waals surface area contributed by atoms with Gasteiger partial charge in [0.15, 0.2) is 0 Å². The monoisotopic (exact) mass is 424 g/mol. The van der Waals surface area contributed by atoms with Crippen molar-refractivity contribution in [1.29, 1.82) is 0 Å². The minimum absolute atomic E-state index is 0. The number of nitrogens with zero attached hydrogens (tertiary/aromatic N) is 2. The molecule has 0 aliphatic carbocycles. The molecule has 1 saturated heterocycles. The number of nitro benzene ring substituents is 1. The van der Waals surface area contributed by atoms with Gasteiger partial charge in [-0.3, -0.25) is 19.8 Å². The first-order valence-corrected chi connectivity index (χ1v) is 9.04. The molecule has 7 nitrogen and oxygen atoms in total. The number of nitrogens with one attached hydrogen (secondary N) is 1. The zero-order valence-corrected chi connectivity index (χ0v) is 16.8. The third kappa shape index (κ3) is 4.80. The first kappa shape index (κ1) is 22.1. The number of benzene rings is 2. The van der Waals surface area contributed by atoms with Gasteiger partial charge in [0.1, 0.15) is 0 Å². The molecule has 0 aromatic heterocycles. The number of amides is 1. The zero-order valence-electron chi connectivity index (χ0n) is 15.2. The minimum atomic E-state index is -0.528. The first-order valence-electron chi connectivity index (χ1n) is 8.66. The van der Waals surface area contributed by atoms with Crippen molar-refractivity contribution in [2.45, 2.75) is 24.9 Å². The fourth-order valence-electron chi connectivity index (χ4n) is 3.36. The highest BCUT2D eigenvalue weighted by atomic mass is 35.5. The molecule has 1 aliphatic heterocycles. The first-order chi connectivity index (χ1) is 12.9. The van der Waals surface area contributed by atoms with Gasteiger partial charge in [0.2, 0.25) is 5.91 Å². The summed E-state index contributed by atoms with van der Waals surface area (Å²) >= 11 is 6.06. The number of non-ortho nitro benzene ring substituents is 1. The van der Waals surface area contributed by atoms with Gasteiger partial charge in [-0.05, 0) is 18.6 Å². The lowest BCUT2D eigenvalue weighted by Crippen LogP contribution is -2.41. The number of rotatable bonds is 5. The number of nitro groups is 1. The molecule has 2 aromatic carbocycles. The Hall–Kier alpha value is -2.19. The van der Waals surface area contributed by atoms with Gasteiger partial charge in [-0.2, -0.15) is 0 Å². The Kier molecular flexibility index (Phi) is 7.37. The fraction of sp³-hybridized carbons (Fsp3) is 0.316. The second-order valence-corrected chi connectivity index (χ2v) is 7.13. The van der Waals surface area contributed by atoms with Crippen LogP contribution in [0, 0.1) is 10.1 Å². The second kappa shape index (κ2) is 9.34. The zero-order chi connectivity index (χ0) is 19.6. The summed E-state index contributed by atoms with van der Waals surface area (Å²) in [6.07, 6.45) is 0.